The SMILES string of the molecule is O=C1NC[C@@H](c2ccc(Cl)nc2Cl)N1. The van der Waals surface area contributed by atoms with Crippen molar-refractivity contribution in [2.24, 2.45) is 0 Å². The molecule has 1 aliphatic rings. The molecule has 14 heavy (non-hydrogen) atoms. The molecular formula is C8H7Cl2N3O. The van der Waals surface area contributed by atoms with E-state index in [0.717, 1.165) is 5.56 Å². The van der Waals surface area contributed by atoms with E-state index in [1.54, 1.807) is 12.1 Å². The molecule has 2 rings (SSSR count). The lowest BCUT2D eigenvalue weighted by molar-refractivity contribution is 0.247. The van der Waals surface area contributed by atoms with Crippen molar-refractivity contribution >= 4 is 29.2 Å². The summed E-state index contributed by atoms with van der Waals surface area (Å²) in [5.74, 6) is 0. The normalized spacial score (nSPS) is 20.4. The summed E-state index contributed by atoms with van der Waals surface area (Å²) in [6.45, 7) is 0.516. The number of hydrogen-bond acceptors (Lipinski definition) is 2. The van der Waals surface area contributed by atoms with Crippen LogP contribution in [0.15, 0.2) is 12.1 Å². The van der Waals surface area contributed by atoms with Crippen molar-refractivity contribution < 1.29 is 4.79 Å². The smallest absolute Gasteiger partial charge is 0.315 e. The number of hydrogen-bond donors (Lipinski definition) is 2. The minimum Gasteiger partial charge on any atom is -0.336 e. The predicted molar refractivity (Wildman–Crippen MR) is 53.5 cm³/mol. The summed E-state index contributed by atoms with van der Waals surface area (Å²) < 4.78 is 0. The van der Waals surface area contributed by atoms with Crippen LogP contribution < -0.4 is 10.6 Å². The number of carbonyl (C=O) groups is 1. The summed E-state index contributed by atoms with van der Waals surface area (Å²) in [7, 11) is 0. The molecule has 0 saturated carbocycles. The van der Waals surface area contributed by atoms with Crippen molar-refractivity contribution in [2.45, 2.75) is 6.04 Å². The van der Waals surface area contributed by atoms with Gasteiger partial charge in [0.25, 0.3) is 0 Å². The van der Waals surface area contributed by atoms with Crippen LogP contribution in [0.2, 0.25) is 10.3 Å². The molecule has 0 radical (unpaired) electrons. The molecule has 74 valence electrons. The Hall–Kier alpha value is -1.000. The molecular weight excluding hydrogens is 225 g/mol. The predicted octanol–water partition coefficient (Wildman–Crippen LogP) is 1.74. The van der Waals surface area contributed by atoms with Crippen molar-refractivity contribution in [1.29, 1.82) is 0 Å². The molecule has 1 aromatic rings. The number of urea groups is 1. The molecule has 1 aliphatic heterocycles. The second-order valence-electron chi connectivity index (χ2n) is 2.92. The average molecular weight is 232 g/mol. The lowest BCUT2D eigenvalue weighted by Gasteiger charge is -2.09. The molecule has 2 heterocycles. The van der Waals surface area contributed by atoms with Gasteiger partial charge in [0, 0.05) is 12.1 Å². The van der Waals surface area contributed by atoms with Crippen molar-refractivity contribution in [3.05, 3.63) is 28.0 Å². The van der Waals surface area contributed by atoms with E-state index < -0.39 is 0 Å². The molecule has 6 heteroatoms. The number of pyridine rings is 1. The number of aromatic nitrogens is 1. The third-order valence-electron chi connectivity index (χ3n) is 1.99. The monoisotopic (exact) mass is 231 g/mol. The molecule has 1 atom stereocenters. The van der Waals surface area contributed by atoms with Crippen molar-refractivity contribution in [3.8, 4) is 0 Å². The molecule has 0 bridgehead atoms. The van der Waals surface area contributed by atoms with Gasteiger partial charge < -0.3 is 10.6 Å². The molecule has 1 fully saturated rings. The van der Waals surface area contributed by atoms with Crippen molar-refractivity contribution in [2.75, 3.05) is 6.54 Å². The zero-order valence-corrected chi connectivity index (χ0v) is 8.56. The highest BCUT2D eigenvalue weighted by molar-refractivity contribution is 6.32. The Morgan fingerprint density at radius 1 is 1.43 bits per heavy atom. The van der Waals surface area contributed by atoms with E-state index in [0.29, 0.717) is 16.9 Å². The van der Waals surface area contributed by atoms with Crippen LogP contribution in [0, 0.1) is 0 Å². The van der Waals surface area contributed by atoms with Gasteiger partial charge in [-0.3, -0.25) is 0 Å². The number of nitrogens with one attached hydrogen (secondary N) is 2. The Morgan fingerprint density at radius 3 is 2.79 bits per heavy atom. The maximum atomic E-state index is 10.9. The van der Waals surface area contributed by atoms with Gasteiger partial charge in [-0.25, -0.2) is 9.78 Å². The van der Waals surface area contributed by atoms with Crippen LogP contribution in [-0.2, 0) is 0 Å². The first-order valence-corrected chi connectivity index (χ1v) is 4.79. The molecule has 0 aliphatic carbocycles. The summed E-state index contributed by atoms with van der Waals surface area (Å²) in [5.41, 5.74) is 0.773. The van der Waals surface area contributed by atoms with Crippen LogP contribution in [0.1, 0.15) is 11.6 Å². The van der Waals surface area contributed by atoms with E-state index in [4.69, 9.17) is 23.2 Å². The Morgan fingerprint density at radius 2 is 2.21 bits per heavy atom. The minimum absolute atomic E-state index is 0.125. The van der Waals surface area contributed by atoms with Gasteiger partial charge >= 0.3 is 6.03 Å². The Kier molecular flexibility index (Phi) is 2.48. The van der Waals surface area contributed by atoms with E-state index in [1.807, 2.05) is 0 Å². The first-order valence-electron chi connectivity index (χ1n) is 4.03. The molecule has 2 N–H and O–H groups in total. The molecule has 1 saturated heterocycles. The van der Waals surface area contributed by atoms with Gasteiger partial charge in [0.1, 0.15) is 10.3 Å². The fraction of sp³-hybridized carbons (Fsp3) is 0.250. The zero-order valence-electron chi connectivity index (χ0n) is 7.05. The molecule has 2 amide bonds. The number of rotatable bonds is 1. The van der Waals surface area contributed by atoms with Crippen molar-refractivity contribution in [1.82, 2.24) is 15.6 Å². The van der Waals surface area contributed by atoms with E-state index >= 15 is 0 Å². The Labute approximate surface area is 90.6 Å². The topological polar surface area (TPSA) is 54.0 Å². The summed E-state index contributed by atoms with van der Waals surface area (Å²) in [4.78, 5) is 14.8. The van der Waals surface area contributed by atoms with Crippen LogP contribution in [-0.4, -0.2) is 17.6 Å². The number of halogens is 2. The first-order chi connectivity index (χ1) is 6.66. The Balaban J connectivity index is 2.28. The fourth-order valence-corrected chi connectivity index (χ4v) is 1.80. The van der Waals surface area contributed by atoms with E-state index in [1.165, 1.54) is 0 Å². The molecule has 0 unspecified atom stereocenters. The fourth-order valence-electron chi connectivity index (χ4n) is 1.33. The summed E-state index contributed by atoms with van der Waals surface area (Å²) in [6, 6.07) is 3.09. The second kappa shape index (κ2) is 3.63. The van der Waals surface area contributed by atoms with Gasteiger partial charge in [-0.15, -0.1) is 0 Å². The molecule has 0 aromatic carbocycles. The standard InChI is InChI=1S/C8H7Cl2N3O/c9-6-2-1-4(7(10)13-6)5-3-11-8(14)12-5/h1-2,5H,3H2,(H2,11,12,14)/t5-/m0/s1. The highest BCUT2D eigenvalue weighted by Crippen LogP contribution is 2.24. The average Bonchev–Trinajstić information content (AvgIpc) is 2.51. The van der Waals surface area contributed by atoms with Gasteiger partial charge in [0.2, 0.25) is 0 Å². The third kappa shape index (κ3) is 1.76. The Bertz CT molecular complexity index is 383. The third-order valence-corrected chi connectivity index (χ3v) is 2.50. The van der Waals surface area contributed by atoms with Gasteiger partial charge in [-0.05, 0) is 6.07 Å². The maximum Gasteiger partial charge on any atom is 0.315 e. The minimum atomic E-state index is -0.194. The molecule has 4 nitrogen and oxygen atoms in total. The lowest BCUT2D eigenvalue weighted by Crippen LogP contribution is -2.21. The second-order valence-corrected chi connectivity index (χ2v) is 3.67. The van der Waals surface area contributed by atoms with Gasteiger partial charge in [0.05, 0.1) is 6.04 Å². The van der Waals surface area contributed by atoms with E-state index in [-0.39, 0.29) is 12.1 Å². The number of amides is 2. The van der Waals surface area contributed by atoms with Crippen LogP contribution >= 0.6 is 23.2 Å². The van der Waals surface area contributed by atoms with Gasteiger partial charge in [-0.1, -0.05) is 29.3 Å². The van der Waals surface area contributed by atoms with Crippen molar-refractivity contribution in [3.63, 3.8) is 0 Å². The highest BCUT2D eigenvalue weighted by atomic mass is 35.5. The van der Waals surface area contributed by atoms with Gasteiger partial charge in [-0.2, -0.15) is 0 Å². The van der Waals surface area contributed by atoms with Crippen LogP contribution in [0.25, 0.3) is 0 Å². The summed E-state index contributed by atoms with van der Waals surface area (Å²) in [6.07, 6.45) is 0. The van der Waals surface area contributed by atoms with Crippen LogP contribution in [0.5, 0.6) is 0 Å². The largest absolute Gasteiger partial charge is 0.336 e. The van der Waals surface area contributed by atoms with E-state index in [2.05, 4.69) is 15.6 Å². The maximum absolute atomic E-state index is 10.9. The highest BCUT2D eigenvalue weighted by Gasteiger charge is 2.23. The number of carbonyl (C=O) groups excluding carboxylic acids is 1. The molecule has 1 aromatic heterocycles. The zero-order chi connectivity index (χ0) is 10.1. The number of nitrogens with zero attached hydrogens (tertiary/aromatic N) is 1. The quantitative estimate of drug-likeness (QED) is 0.724. The van der Waals surface area contributed by atoms with E-state index in [9.17, 15) is 4.79 Å². The first kappa shape index (κ1) is 9.55. The lowest BCUT2D eigenvalue weighted by atomic mass is 10.1. The van der Waals surface area contributed by atoms with Gasteiger partial charge in [0.15, 0.2) is 0 Å². The summed E-state index contributed by atoms with van der Waals surface area (Å²) in [5, 5.41) is 6.02. The molecule has 0 spiro atoms. The van der Waals surface area contributed by atoms with Crippen LogP contribution in [0.4, 0.5) is 4.79 Å². The summed E-state index contributed by atoms with van der Waals surface area (Å²) >= 11 is 11.5. The van der Waals surface area contributed by atoms with Crippen LogP contribution in [0.3, 0.4) is 0 Å².